The molecule has 96 valence electrons. The third kappa shape index (κ3) is 2.13. The molecule has 0 radical (unpaired) electrons. The van der Waals surface area contributed by atoms with E-state index in [-0.39, 0.29) is 11.8 Å². The third-order valence-electron chi connectivity index (χ3n) is 2.51. The molecule has 0 atom stereocenters. The summed E-state index contributed by atoms with van der Waals surface area (Å²) in [6, 6.07) is 6.77. The fourth-order valence-electron chi connectivity index (χ4n) is 1.68. The predicted molar refractivity (Wildman–Crippen MR) is 67.6 cm³/mol. The summed E-state index contributed by atoms with van der Waals surface area (Å²) >= 11 is 0. The Morgan fingerprint density at radius 3 is 2.84 bits per heavy atom. The van der Waals surface area contributed by atoms with E-state index in [0.29, 0.717) is 17.2 Å². The first-order valence-electron chi connectivity index (χ1n) is 5.52. The van der Waals surface area contributed by atoms with Gasteiger partial charge in [0, 0.05) is 18.0 Å². The second kappa shape index (κ2) is 4.13. The zero-order valence-electron chi connectivity index (χ0n) is 10.0. The number of nitrogen functional groups attached to an aromatic ring is 1. The molecule has 7 heteroatoms. The number of amides is 1. The molecule has 0 saturated carbocycles. The molecule has 2 aromatic heterocycles. The maximum atomic E-state index is 11.9. The van der Waals surface area contributed by atoms with E-state index in [4.69, 9.17) is 14.6 Å². The second-order valence-electron chi connectivity index (χ2n) is 3.99. The van der Waals surface area contributed by atoms with Crippen LogP contribution in [0.25, 0.3) is 11.0 Å². The van der Waals surface area contributed by atoms with Gasteiger partial charge in [-0.25, -0.2) is 0 Å². The van der Waals surface area contributed by atoms with Crippen LogP contribution in [0.15, 0.2) is 33.1 Å². The van der Waals surface area contributed by atoms with Crippen LogP contribution in [0.5, 0.6) is 0 Å². The topological polar surface area (TPSA) is 107 Å². The standard InChI is InChI=1S/C12H10N4O3/c1-6-15-16-12(18-6)14-11(17)10-5-7-4-8(13)2-3-9(7)19-10/h2-5H,13H2,1H3,(H,14,16,17). The molecule has 0 unspecified atom stereocenters. The number of fused-ring (bicyclic) bond motifs is 1. The first-order chi connectivity index (χ1) is 9.11. The lowest BCUT2D eigenvalue weighted by molar-refractivity contribution is 0.0995. The van der Waals surface area contributed by atoms with Gasteiger partial charge in [0.2, 0.25) is 5.89 Å². The lowest BCUT2D eigenvalue weighted by Gasteiger charge is -1.94. The minimum atomic E-state index is -0.460. The summed E-state index contributed by atoms with van der Waals surface area (Å²) in [5.74, 6) is 0.0579. The number of benzene rings is 1. The van der Waals surface area contributed by atoms with Gasteiger partial charge in [0.15, 0.2) is 5.76 Å². The van der Waals surface area contributed by atoms with Gasteiger partial charge in [0.1, 0.15) is 5.58 Å². The number of nitrogens with zero attached hydrogens (tertiary/aromatic N) is 2. The number of hydrogen-bond donors (Lipinski definition) is 2. The van der Waals surface area contributed by atoms with Gasteiger partial charge in [-0.1, -0.05) is 5.10 Å². The Bertz CT molecular complexity index is 759. The van der Waals surface area contributed by atoms with Crippen molar-refractivity contribution in [1.82, 2.24) is 10.2 Å². The molecular formula is C12H10N4O3. The van der Waals surface area contributed by atoms with E-state index in [0.717, 1.165) is 5.39 Å². The van der Waals surface area contributed by atoms with Crippen LogP contribution < -0.4 is 11.1 Å². The van der Waals surface area contributed by atoms with E-state index in [9.17, 15) is 4.79 Å². The van der Waals surface area contributed by atoms with E-state index < -0.39 is 5.91 Å². The molecule has 19 heavy (non-hydrogen) atoms. The number of rotatable bonds is 2. The van der Waals surface area contributed by atoms with Gasteiger partial charge < -0.3 is 14.6 Å². The molecule has 0 aliphatic heterocycles. The smallest absolute Gasteiger partial charge is 0.322 e. The van der Waals surface area contributed by atoms with E-state index in [1.54, 1.807) is 31.2 Å². The SMILES string of the molecule is Cc1nnc(NC(=O)c2cc3cc(N)ccc3o2)o1. The lowest BCUT2D eigenvalue weighted by atomic mass is 10.2. The van der Waals surface area contributed by atoms with E-state index in [1.165, 1.54) is 0 Å². The van der Waals surface area contributed by atoms with Crippen LogP contribution in [-0.2, 0) is 0 Å². The zero-order chi connectivity index (χ0) is 13.4. The average molecular weight is 258 g/mol. The molecule has 1 amide bonds. The summed E-state index contributed by atoms with van der Waals surface area (Å²) in [5, 5.41) is 10.5. The van der Waals surface area contributed by atoms with Gasteiger partial charge in [-0.3, -0.25) is 10.1 Å². The van der Waals surface area contributed by atoms with Gasteiger partial charge in [0.05, 0.1) is 0 Å². The zero-order valence-corrected chi connectivity index (χ0v) is 10.0. The number of carbonyl (C=O) groups excluding carboxylic acids is 1. The van der Waals surface area contributed by atoms with Crippen LogP contribution in [0.2, 0.25) is 0 Å². The highest BCUT2D eigenvalue weighted by Crippen LogP contribution is 2.22. The summed E-state index contributed by atoms with van der Waals surface area (Å²) in [4.78, 5) is 11.9. The van der Waals surface area contributed by atoms with Crippen LogP contribution in [-0.4, -0.2) is 16.1 Å². The van der Waals surface area contributed by atoms with Crippen molar-refractivity contribution in [2.45, 2.75) is 6.92 Å². The van der Waals surface area contributed by atoms with Crippen molar-refractivity contribution < 1.29 is 13.6 Å². The van der Waals surface area contributed by atoms with E-state index in [2.05, 4.69) is 15.5 Å². The maximum Gasteiger partial charge on any atom is 0.322 e. The fourth-order valence-corrected chi connectivity index (χ4v) is 1.68. The molecule has 1 aromatic carbocycles. The highest BCUT2D eigenvalue weighted by atomic mass is 16.4. The minimum absolute atomic E-state index is 0.0301. The average Bonchev–Trinajstić information content (AvgIpc) is 2.95. The molecule has 0 aliphatic rings. The molecule has 0 aliphatic carbocycles. The monoisotopic (exact) mass is 258 g/mol. The number of nitrogens with two attached hydrogens (primary N) is 1. The van der Waals surface area contributed by atoms with Crippen LogP contribution >= 0.6 is 0 Å². The third-order valence-corrected chi connectivity index (χ3v) is 2.51. The Hall–Kier alpha value is -2.83. The molecule has 3 rings (SSSR count). The molecule has 0 bridgehead atoms. The number of nitrogens with one attached hydrogen (secondary N) is 1. The fraction of sp³-hybridized carbons (Fsp3) is 0.0833. The second-order valence-corrected chi connectivity index (χ2v) is 3.99. The van der Waals surface area contributed by atoms with Gasteiger partial charge in [0.25, 0.3) is 5.91 Å². The Morgan fingerprint density at radius 2 is 2.11 bits per heavy atom. The first kappa shape index (κ1) is 11.3. The highest BCUT2D eigenvalue weighted by molar-refractivity contribution is 6.03. The number of aryl methyl sites for hydroxylation is 1. The van der Waals surface area contributed by atoms with Gasteiger partial charge in [-0.05, 0) is 24.3 Å². The van der Waals surface area contributed by atoms with Crippen molar-refractivity contribution in [3.05, 3.63) is 35.9 Å². The molecule has 3 N–H and O–H groups in total. The summed E-state index contributed by atoms with van der Waals surface area (Å²) in [6.45, 7) is 1.63. The van der Waals surface area contributed by atoms with Crippen LogP contribution in [0.1, 0.15) is 16.4 Å². The predicted octanol–water partition coefficient (Wildman–Crippen LogP) is 1.96. The number of carbonyl (C=O) groups is 1. The van der Waals surface area contributed by atoms with Crippen LogP contribution in [0.4, 0.5) is 11.7 Å². The highest BCUT2D eigenvalue weighted by Gasteiger charge is 2.15. The Morgan fingerprint density at radius 1 is 1.26 bits per heavy atom. The minimum Gasteiger partial charge on any atom is -0.451 e. The summed E-state index contributed by atoms with van der Waals surface area (Å²) in [5.41, 5.74) is 6.85. The Balaban J connectivity index is 1.89. The summed E-state index contributed by atoms with van der Waals surface area (Å²) in [6.07, 6.45) is 0. The molecular weight excluding hydrogens is 248 g/mol. The quantitative estimate of drug-likeness (QED) is 0.680. The first-order valence-corrected chi connectivity index (χ1v) is 5.52. The molecule has 0 spiro atoms. The Kier molecular flexibility index (Phi) is 2.45. The van der Waals surface area contributed by atoms with Crippen molar-refractivity contribution in [2.75, 3.05) is 11.1 Å². The lowest BCUT2D eigenvalue weighted by Crippen LogP contribution is -2.10. The number of hydrogen-bond acceptors (Lipinski definition) is 6. The largest absolute Gasteiger partial charge is 0.451 e. The number of furan rings is 1. The van der Waals surface area contributed by atoms with Gasteiger partial charge in [-0.2, -0.15) is 0 Å². The summed E-state index contributed by atoms with van der Waals surface area (Å²) < 4.78 is 10.5. The van der Waals surface area contributed by atoms with Crippen molar-refractivity contribution in [3.8, 4) is 0 Å². The maximum absolute atomic E-state index is 11.9. The van der Waals surface area contributed by atoms with Gasteiger partial charge >= 0.3 is 6.01 Å². The van der Waals surface area contributed by atoms with Crippen molar-refractivity contribution in [1.29, 1.82) is 0 Å². The molecule has 2 heterocycles. The van der Waals surface area contributed by atoms with Crippen molar-refractivity contribution in [2.24, 2.45) is 0 Å². The molecule has 0 saturated heterocycles. The Labute approximate surface area is 107 Å². The van der Waals surface area contributed by atoms with E-state index >= 15 is 0 Å². The summed E-state index contributed by atoms with van der Waals surface area (Å²) in [7, 11) is 0. The molecule has 3 aromatic rings. The molecule has 7 nitrogen and oxygen atoms in total. The van der Waals surface area contributed by atoms with E-state index in [1.807, 2.05) is 0 Å². The van der Waals surface area contributed by atoms with Crippen LogP contribution in [0, 0.1) is 6.92 Å². The number of anilines is 2. The number of aromatic nitrogens is 2. The van der Waals surface area contributed by atoms with Crippen LogP contribution in [0.3, 0.4) is 0 Å². The normalized spacial score (nSPS) is 10.8. The van der Waals surface area contributed by atoms with Gasteiger partial charge in [-0.15, -0.1) is 5.10 Å². The van der Waals surface area contributed by atoms with Crippen molar-refractivity contribution >= 4 is 28.6 Å². The molecule has 0 fully saturated rings. The van der Waals surface area contributed by atoms with Crippen molar-refractivity contribution in [3.63, 3.8) is 0 Å².